The second-order valence-electron chi connectivity index (χ2n) is 4.18. The molecule has 1 aliphatic heterocycles. The van der Waals surface area contributed by atoms with Crippen molar-refractivity contribution in [3.05, 3.63) is 42.1 Å². The molecule has 0 fully saturated rings. The van der Waals surface area contributed by atoms with Gasteiger partial charge in [-0.1, -0.05) is 18.2 Å². The van der Waals surface area contributed by atoms with Crippen LogP contribution in [-0.2, 0) is 16.6 Å². The second kappa shape index (κ2) is 3.54. The summed E-state index contributed by atoms with van der Waals surface area (Å²) in [4.78, 5) is 23.0. The zero-order chi connectivity index (χ0) is 12.9. The van der Waals surface area contributed by atoms with Gasteiger partial charge in [0.1, 0.15) is 0 Å². The fraction of sp³-hybridized carbons (Fsp3) is 0.0769. The Bertz CT molecular complexity index is 712. The summed E-state index contributed by atoms with van der Waals surface area (Å²) in [5.74, 6) is -1.39. The molecule has 0 spiro atoms. The van der Waals surface area contributed by atoms with Gasteiger partial charge in [0.2, 0.25) is 0 Å². The molecular formula is C13H10N2O3. The standard InChI is InChI=1S/C13H10N2O3/c1-14-7-10(8-4-2-3-5-11(8)14)9-6-12(16)15(18)13(9)17/h2-7,18H,1H3. The molecule has 1 aliphatic rings. The predicted octanol–water partition coefficient (Wildman–Crippen LogP) is 1.32. The quantitative estimate of drug-likeness (QED) is 0.606. The van der Waals surface area contributed by atoms with Crippen molar-refractivity contribution < 1.29 is 14.8 Å². The summed E-state index contributed by atoms with van der Waals surface area (Å²) >= 11 is 0. The molecule has 0 unspecified atom stereocenters. The second-order valence-corrected chi connectivity index (χ2v) is 4.18. The number of imide groups is 1. The van der Waals surface area contributed by atoms with Gasteiger partial charge in [-0.05, 0) is 6.07 Å². The minimum Gasteiger partial charge on any atom is -0.350 e. The summed E-state index contributed by atoms with van der Waals surface area (Å²) in [6.07, 6.45) is 2.94. The Morgan fingerprint density at radius 3 is 2.56 bits per heavy atom. The van der Waals surface area contributed by atoms with Crippen molar-refractivity contribution in [3.63, 3.8) is 0 Å². The molecule has 0 saturated heterocycles. The van der Waals surface area contributed by atoms with E-state index < -0.39 is 11.8 Å². The minimum absolute atomic E-state index is 0.136. The number of amides is 2. The molecule has 1 aromatic heterocycles. The number of fused-ring (bicyclic) bond motifs is 1. The number of carbonyl (C=O) groups excluding carboxylic acids is 2. The fourth-order valence-electron chi connectivity index (χ4n) is 2.21. The Morgan fingerprint density at radius 2 is 1.89 bits per heavy atom. The van der Waals surface area contributed by atoms with E-state index >= 15 is 0 Å². The van der Waals surface area contributed by atoms with Gasteiger partial charge in [0.05, 0.1) is 5.57 Å². The fourth-order valence-corrected chi connectivity index (χ4v) is 2.21. The summed E-state index contributed by atoms with van der Waals surface area (Å²) in [6.45, 7) is 0. The Labute approximate surface area is 102 Å². The number of aromatic nitrogens is 1. The maximum atomic E-state index is 11.7. The third-order valence-electron chi connectivity index (χ3n) is 3.09. The first-order valence-corrected chi connectivity index (χ1v) is 5.43. The predicted molar refractivity (Wildman–Crippen MR) is 64.5 cm³/mol. The number of hydroxylamine groups is 2. The van der Waals surface area contributed by atoms with Crippen LogP contribution in [0.1, 0.15) is 5.56 Å². The highest BCUT2D eigenvalue weighted by Crippen LogP contribution is 2.30. The van der Waals surface area contributed by atoms with Crippen molar-refractivity contribution in [2.24, 2.45) is 7.05 Å². The molecular weight excluding hydrogens is 232 g/mol. The number of para-hydroxylation sites is 1. The van der Waals surface area contributed by atoms with Crippen molar-refractivity contribution in [1.82, 2.24) is 9.63 Å². The number of rotatable bonds is 1. The van der Waals surface area contributed by atoms with Crippen molar-refractivity contribution >= 4 is 28.3 Å². The zero-order valence-electron chi connectivity index (χ0n) is 9.62. The summed E-state index contributed by atoms with van der Waals surface area (Å²) in [7, 11) is 1.87. The van der Waals surface area contributed by atoms with E-state index in [1.165, 1.54) is 0 Å². The van der Waals surface area contributed by atoms with Crippen LogP contribution in [0.15, 0.2) is 36.5 Å². The topological polar surface area (TPSA) is 62.5 Å². The third kappa shape index (κ3) is 1.31. The van der Waals surface area contributed by atoms with Crippen molar-refractivity contribution in [2.75, 3.05) is 0 Å². The molecule has 5 nitrogen and oxygen atoms in total. The molecule has 0 bridgehead atoms. The van der Waals surface area contributed by atoms with E-state index in [-0.39, 0.29) is 10.6 Å². The van der Waals surface area contributed by atoms with Gasteiger partial charge < -0.3 is 4.57 Å². The molecule has 5 heteroatoms. The van der Waals surface area contributed by atoms with E-state index in [0.717, 1.165) is 17.0 Å². The van der Waals surface area contributed by atoms with Gasteiger partial charge in [-0.2, -0.15) is 0 Å². The molecule has 0 atom stereocenters. The van der Waals surface area contributed by atoms with Gasteiger partial charge >= 0.3 is 0 Å². The molecule has 2 aromatic rings. The van der Waals surface area contributed by atoms with E-state index in [9.17, 15) is 14.8 Å². The number of hydrogen-bond donors (Lipinski definition) is 1. The largest absolute Gasteiger partial charge is 0.350 e. The van der Waals surface area contributed by atoms with Gasteiger partial charge in [-0.25, -0.2) is 0 Å². The monoisotopic (exact) mass is 242 g/mol. The van der Waals surface area contributed by atoms with Crippen molar-refractivity contribution in [2.45, 2.75) is 0 Å². The maximum absolute atomic E-state index is 11.7. The molecule has 0 saturated carbocycles. The van der Waals surface area contributed by atoms with E-state index in [1.807, 2.05) is 35.9 Å². The lowest BCUT2D eigenvalue weighted by atomic mass is 10.1. The minimum atomic E-state index is -0.706. The lowest BCUT2D eigenvalue weighted by Gasteiger charge is -2.03. The van der Waals surface area contributed by atoms with Crippen molar-refractivity contribution in [3.8, 4) is 0 Å². The molecule has 1 aromatic carbocycles. The van der Waals surface area contributed by atoms with Crippen LogP contribution in [0.2, 0.25) is 0 Å². The highest BCUT2D eigenvalue weighted by atomic mass is 16.5. The summed E-state index contributed by atoms with van der Waals surface area (Å²) in [5.41, 5.74) is 1.84. The van der Waals surface area contributed by atoms with Crippen LogP contribution in [0.5, 0.6) is 0 Å². The van der Waals surface area contributed by atoms with Crippen molar-refractivity contribution in [1.29, 1.82) is 0 Å². The first kappa shape index (κ1) is 10.7. The zero-order valence-corrected chi connectivity index (χ0v) is 9.62. The van der Waals surface area contributed by atoms with Crippen LogP contribution < -0.4 is 0 Å². The number of benzene rings is 1. The molecule has 1 N–H and O–H groups in total. The number of hydrogen-bond acceptors (Lipinski definition) is 3. The van der Waals surface area contributed by atoms with E-state index in [4.69, 9.17) is 0 Å². The first-order chi connectivity index (χ1) is 8.59. The lowest BCUT2D eigenvalue weighted by molar-refractivity contribution is -0.168. The van der Waals surface area contributed by atoms with Gasteiger partial charge in [-0.15, -0.1) is 5.06 Å². The number of aryl methyl sites for hydroxylation is 1. The first-order valence-electron chi connectivity index (χ1n) is 5.43. The van der Waals surface area contributed by atoms with Gasteiger partial charge in [0, 0.05) is 35.8 Å². The highest BCUT2D eigenvalue weighted by Gasteiger charge is 2.32. The number of carbonyl (C=O) groups is 2. The summed E-state index contributed by atoms with van der Waals surface area (Å²) in [6, 6.07) is 7.57. The van der Waals surface area contributed by atoms with E-state index in [2.05, 4.69) is 0 Å². The van der Waals surface area contributed by atoms with Gasteiger partial charge in [-0.3, -0.25) is 14.8 Å². The molecule has 3 rings (SSSR count). The Balaban J connectivity index is 2.25. The summed E-state index contributed by atoms with van der Waals surface area (Å²) in [5, 5.41) is 10.3. The lowest BCUT2D eigenvalue weighted by Crippen LogP contribution is -2.26. The molecule has 18 heavy (non-hydrogen) atoms. The average molecular weight is 242 g/mol. The van der Waals surface area contributed by atoms with Crippen LogP contribution in [0.4, 0.5) is 0 Å². The Morgan fingerprint density at radius 1 is 1.17 bits per heavy atom. The normalized spacial score (nSPS) is 15.7. The molecule has 2 amide bonds. The SMILES string of the molecule is Cn1cc(C2=CC(=O)N(O)C2=O)c2ccccc21. The Kier molecular flexibility index (Phi) is 2.11. The van der Waals surface area contributed by atoms with Gasteiger partial charge in [0.25, 0.3) is 11.8 Å². The average Bonchev–Trinajstić information content (AvgIpc) is 2.83. The van der Waals surface area contributed by atoms with Gasteiger partial charge in [0.15, 0.2) is 0 Å². The molecule has 90 valence electrons. The van der Waals surface area contributed by atoms with Crippen LogP contribution in [0, 0.1) is 0 Å². The van der Waals surface area contributed by atoms with Crippen LogP contribution in [0.25, 0.3) is 16.5 Å². The van der Waals surface area contributed by atoms with E-state index in [0.29, 0.717) is 5.56 Å². The summed E-state index contributed by atoms with van der Waals surface area (Å²) < 4.78 is 1.88. The molecule has 2 heterocycles. The highest BCUT2D eigenvalue weighted by molar-refractivity contribution is 6.34. The number of nitrogens with zero attached hydrogens (tertiary/aromatic N) is 2. The molecule has 0 aliphatic carbocycles. The maximum Gasteiger partial charge on any atom is 0.285 e. The third-order valence-corrected chi connectivity index (χ3v) is 3.09. The van der Waals surface area contributed by atoms with Crippen LogP contribution >= 0.6 is 0 Å². The van der Waals surface area contributed by atoms with E-state index in [1.54, 1.807) is 6.20 Å². The van der Waals surface area contributed by atoms with Crippen LogP contribution in [-0.4, -0.2) is 26.7 Å². The smallest absolute Gasteiger partial charge is 0.285 e. The van der Waals surface area contributed by atoms with Crippen LogP contribution in [0.3, 0.4) is 0 Å². The molecule has 0 radical (unpaired) electrons. The Hall–Kier alpha value is -2.40.